The molecule has 8 heteroatoms. The van der Waals surface area contributed by atoms with E-state index in [4.69, 9.17) is 9.47 Å². The molecule has 0 spiro atoms. The summed E-state index contributed by atoms with van der Waals surface area (Å²) in [6.07, 6.45) is 1.99. The lowest BCUT2D eigenvalue weighted by atomic mass is 9.98. The van der Waals surface area contributed by atoms with Crippen molar-refractivity contribution >= 4 is 15.9 Å². The second-order valence-electron chi connectivity index (χ2n) is 6.65. The van der Waals surface area contributed by atoms with E-state index in [1.165, 1.54) is 4.31 Å². The molecule has 1 saturated heterocycles. The number of piperidine rings is 1. The molecule has 1 aromatic carbocycles. The van der Waals surface area contributed by atoms with Crippen LogP contribution in [0.15, 0.2) is 18.2 Å². The topological polar surface area (TPSA) is 84.9 Å². The summed E-state index contributed by atoms with van der Waals surface area (Å²) >= 11 is 0. The molecule has 1 aliphatic rings. The van der Waals surface area contributed by atoms with Gasteiger partial charge in [-0.2, -0.15) is 0 Å². The van der Waals surface area contributed by atoms with Crippen LogP contribution in [0.4, 0.5) is 0 Å². The Morgan fingerprint density at radius 1 is 1.30 bits per heavy atom. The summed E-state index contributed by atoms with van der Waals surface area (Å²) in [5.41, 5.74) is 0.898. The molecule has 2 rings (SSSR count). The zero-order valence-corrected chi connectivity index (χ0v) is 17.2. The number of nitrogens with one attached hydrogen (secondary N) is 1. The van der Waals surface area contributed by atoms with Gasteiger partial charge in [-0.05, 0) is 43.9 Å². The molecular formula is C19H30N2O5S. The number of rotatable bonds is 9. The van der Waals surface area contributed by atoms with Crippen molar-refractivity contribution in [3.05, 3.63) is 23.8 Å². The Morgan fingerprint density at radius 3 is 2.74 bits per heavy atom. The van der Waals surface area contributed by atoms with Gasteiger partial charge in [0.05, 0.1) is 25.4 Å². The van der Waals surface area contributed by atoms with Gasteiger partial charge < -0.3 is 14.8 Å². The molecule has 1 heterocycles. The van der Waals surface area contributed by atoms with E-state index in [2.05, 4.69) is 5.32 Å². The molecule has 1 aromatic rings. The Hall–Kier alpha value is -1.80. The monoisotopic (exact) mass is 398 g/mol. The number of carbonyl (C=O) groups is 1. The van der Waals surface area contributed by atoms with E-state index in [0.29, 0.717) is 50.5 Å². The fraction of sp³-hybridized carbons (Fsp3) is 0.632. The lowest BCUT2D eigenvalue weighted by Gasteiger charge is -2.31. The second kappa shape index (κ2) is 9.94. The van der Waals surface area contributed by atoms with E-state index in [9.17, 15) is 13.2 Å². The van der Waals surface area contributed by atoms with Crippen molar-refractivity contribution in [3.63, 3.8) is 0 Å². The summed E-state index contributed by atoms with van der Waals surface area (Å²) in [5, 5.41) is 2.92. The van der Waals surface area contributed by atoms with Crippen molar-refractivity contribution in [3.8, 4) is 11.5 Å². The maximum absolute atomic E-state index is 12.5. The number of ether oxygens (including phenoxy) is 2. The molecule has 7 nitrogen and oxygen atoms in total. The highest BCUT2D eigenvalue weighted by Gasteiger charge is 2.31. The molecule has 0 bridgehead atoms. The molecule has 1 amide bonds. The van der Waals surface area contributed by atoms with E-state index in [-0.39, 0.29) is 24.1 Å². The third-order valence-corrected chi connectivity index (χ3v) is 6.65. The van der Waals surface area contributed by atoms with Crippen molar-refractivity contribution in [1.29, 1.82) is 0 Å². The Balaban J connectivity index is 1.95. The van der Waals surface area contributed by atoms with Gasteiger partial charge in [-0.15, -0.1) is 0 Å². The van der Waals surface area contributed by atoms with E-state index >= 15 is 0 Å². The van der Waals surface area contributed by atoms with Gasteiger partial charge in [0.1, 0.15) is 0 Å². The highest BCUT2D eigenvalue weighted by atomic mass is 32.2. The second-order valence-corrected chi connectivity index (χ2v) is 8.74. The van der Waals surface area contributed by atoms with Crippen LogP contribution in [0.3, 0.4) is 0 Å². The van der Waals surface area contributed by atoms with Gasteiger partial charge in [0.15, 0.2) is 11.5 Å². The normalized spacial score (nSPS) is 18.1. The van der Waals surface area contributed by atoms with Crippen LogP contribution in [-0.4, -0.2) is 51.2 Å². The number of sulfonamides is 1. The summed E-state index contributed by atoms with van der Waals surface area (Å²) in [6.45, 7) is 5.42. The summed E-state index contributed by atoms with van der Waals surface area (Å²) in [5.74, 6) is 0.999. The number of carbonyl (C=O) groups excluding carboxylic acids is 1. The fourth-order valence-corrected chi connectivity index (χ4v) is 4.81. The van der Waals surface area contributed by atoms with Crippen LogP contribution in [0.1, 0.15) is 38.7 Å². The van der Waals surface area contributed by atoms with Crippen molar-refractivity contribution in [2.24, 2.45) is 5.92 Å². The molecule has 152 valence electrons. The minimum absolute atomic E-state index is 0.112. The molecule has 1 unspecified atom stereocenters. The molecule has 1 N–H and O–H groups in total. The molecule has 0 aliphatic carbocycles. The number of hydrogen-bond acceptors (Lipinski definition) is 5. The van der Waals surface area contributed by atoms with Crippen molar-refractivity contribution in [1.82, 2.24) is 9.62 Å². The van der Waals surface area contributed by atoms with Gasteiger partial charge >= 0.3 is 0 Å². The first kappa shape index (κ1) is 21.5. The third-order valence-electron chi connectivity index (χ3n) is 4.61. The summed E-state index contributed by atoms with van der Waals surface area (Å²) in [7, 11) is -1.69. The average molecular weight is 399 g/mol. The van der Waals surface area contributed by atoms with Crippen LogP contribution in [0, 0.1) is 5.92 Å². The molecule has 0 radical (unpaired) electrons. The van der Waals surface area contributed by atoms with Crippen LogP contribution in [0.2, 0.25) is 0 Å². The Kier molecular flexibility index (Phi) is 7.91. The van der Waals surface area contributed by atoms with Crippen LogP contribution in [0.25, 0.3) is 0 Å². The molecule has 0 saturated carbocycles. The lowest BCUT2D eigenvalue weighted by Crippen LogP contribution is -2.45. The van der Waals surface area contributed by atoms with Crippen LogP contribution < -0.4 is 14.8 Å². The van der Waals surface area contributed by atoms with Gasteiger partial charge in [-0.1, -0.05) is 13.0 Å². The van der Waals surface area contributed by atoms with Crippen molar-refractivity contribution in [2.45, 2.75) is 39.7 Å². The highest BCUT2D eigenvalue weighted by molar-refractivity contribution is 7.89. The minimum Gasteiger partial charge on any atom is -0.493 e. The van der Waals surface area contributed by atoms with Crippen molar-refractivity contribution < 1.29 is 22.7 Å². The molecule has 0 aromatic heterocycles. The van der Waals surface area contributed by atoms with E-state index in [1.807, 2.05) is 32.0 Å². The quantitative estimate of drug-likeness (QED) is 0.689. The first-order valence-corrected chi connectivity index (χ1v) is 11.1. The molecular weight excluding hydrogens is 368 g/mol. The minimum atomic E-state index is -3.26. The molecule has 1 atom stereocenters. The van der Waals surface area contributed by atoms with Gasteiger partial charge in [0.25, 0.3) is 0 Å². The highest BCUT2D eigenvalue weighted by Crippen LogP contribution is 2.28. The van der Waals surface area contributed by atoms with E-state index in [0.717, 1.165) is 5.56 Å². The fourth-order valence-electron chi connectivity index (χ4n) is 3.23. The predicted octanol–water partition coefficient (Wildman–Crippen LogP) is 2.16. The lowest BCUT2D eigenvalue weighted by molar-refractivity contribution is -0.126. The van der Waals surface area contributed by atoms with Crippen LogP contribution in [0.5, 0.6) is 11.5 Å². The zero-order valence-electron chi connectivity index (χ0n) is 16.4. The number of hydrogen-bond donors (Lipinski definition) is 1. The number of amides is 1. The average Bonchev–Trinajstić information content (AvgIpc) is 2.67. The Morgan fingerprint density at radius 2 is 2.07 bits per heavy atom. The predicted molar refractivity (Wildman–Crippen MR) is 104 cm³/mol. The first-order chi connectivity index (χ1) is 12.9. The van der Waals surface area contributed by atoms with E-state index < -0.39 is 10.0 Å². The number of benzene rings is 1. The maximum Gasteiger partial charge on any atom is 0.224 e. The van der Waals surface area contributed by atoms with Crippen LogP contribution in [-0.2, 0) is 21.4 Å². The SMILES string of the molecule is CCCS(=O)(=O)N1CCCC(C(=O)NCc2ccc(OCC)c(OC)c2)C1. The van der Waals surface area contributed by atoms with Gasteiger partial charge in [-0.3, -0.25) is 4.79 Å². The largest absolute Gasteiger partial charge is 0.493 e. The maximum atomic E-state index is 12.5. The Labute approximate surface area is 162 Å². The standard InChI is InChI=1S/C19H30N2O5S/c1-4-11-27(23,24)21-10-6-7-16(14-21)19(22)20-13-15-8-9-17(26-5-2)18(12-15)25-3/h8-9,12,16H,4-7,10-11,13-14H2,1-3H3,(H,20,22). The van der Waals surface area contributed by atoms with E-state index in [1.54, 1.807) is 7.11 Å². The van der Waals surface area contributed by atoms with Gasteiger partial charge in [-0.25, -0.2) is 12.7 Å². The smallest absolute Gasteiger partial charge is 0.224 e. The molecule has 1 aliphatic heterocycles. The van der Waals surface area contributed by atoms with Crippen LogP contribution >= 0.6 is 0 Å². The number of nitrogens with zero attached hydrogens (tertiary/aromatic N) is 1. The van der Waals surface area contributed by atoms with Crippen molar-refractivity contribution in [2.75, 3.05) is 32.6 Å². The third kappa shape index (κ3) is 5.84. The molecule has 1 fully saturated rings. The zero-order chi connectivity index (χ0) is 19.9. The Bertz CT molecular complexity index is 736. The molecule has 27 heavy (non-hydrogen) atoms. The van der Waals surface area contributed by atoms with Gasteiger partial charge in [0.2, 0.25) is 15.9 Å². The first-order valence-electron chi connectivity index (χ1n) is 9.46. The summed E-state index contributed by atoms with van der Waals surface area (Å²) in [4.78, 5) is 12.5. The summed E-state index contributed by atoms with van der Waals surface area (Å²) < 4.78 is 36.8. The number of methoxy groups -OCH3 is 1. The summed E-state index contributed by atoms with van der Waals surface area (Å²) in [6, 6.07) is 5.54. The van der Waals surface area contributed by atoms with Gasteiger partial charge in [0, 0.05) is 19.6 Å².